The third-order valence-corrected chi connectivity index (χ3v) is 7.01. The number of sulfonamides is 1. The van der Waals surface area contributed by atoms with Crippen LogP contribution < -0.4 is 15.8 Å². The lowest BCUT2D eigenvalue weighted by molar-refractivity contribution is -0.139. The number of nitrogens with one attached hydrogen (secondary N) is 3. The van der Waals surface area contributed by atoms with Gasteiger partial charge in [0.1, 0.15) is 12.1 Å². The molecule has 2 amide bonds. The molecule has 0 bridgehead atoms. The van der Waals surface area contributed by atoms with Crippen molar-refractivity contribution in [1.82, 2.24) is 19.8 Å². The molecule has 190 valence electrons. The first-order valence-electron chi connectivity index (χ1n) is 11.3. The summed E-state index contributed by atoms with van der Waals surface area (Å²) in [6.07, 6.45) is 4.17. The van der Waals surface area contributed by atoms with Crippen molar-refractivity contribution in [2.45, 2.75) is 44.2 Å². The molecule has 0 saturated carbocycles. The van der Waals surface area contributed by atoms with Gasteiger partial charge in [-0.05, 0) is 43.6 Å². The Morgan fingerprint density at radius 1 is 1.15 bits per heavy atom. The van der Waals surface area contributed by atoms with Gasteiger partial charge in [0, 0.05) is 26.2 Å². The summed E-state index contributed by atoms with van der Waals surface area (Å²) in [5.41, 5.74) is 6.37. The molecule has 2 aliphatic rings. The van der Waals surface area contributed by atoms with Crippen LogP contribution in [-0.4, -0.2) is 80.5 Å². The summed E-state index contributed by atoms with van der Waals surface area (Å²) in [4.78, 5) is 29.6. The number of hydrogen-bond donors (Lipinski definition) is 4. The molecular formula is C22H35ClN6O4S. The number of carbonyl (C=O) groups is 2. The van der Waals surface area contributed by atoms with Gasteiger partial charge in [-0.25, -0.2) is 13.1 Å². The van der Waals surface area contributed by atoms with Crippen LogP contribution in [0.1, 0.15) is 31.2 Å². The predicted octanol–water partition coefficient (Wildman–Crippen LogP) is 0.281. The maximum absolute atomic E-state index is 13.3. The largest absolute Gasteiger partial charge is 0.370 e. The number of guanidine groups is 1. The normalized spacial score (nSPS) is 19.9. The number of hydrogen-bond acceptors (Lipinski definition) is 5. The quantitative estimate of drug-likeness (QED) is 0.289. The smallest absolute Gasteiger partial charge is 0.242 e. The van der Waals surface area contributed by atoms with Crippen LogP contribution in [0.4, 0.5) is 0 Å². The van der Waals surface area contributed by atoms with E-state index < -0.39 is 22.1 Å². The molecule has 0 aliphatic carbocycles. The van der Waals surface area contributed by atoms with Gasteiger partial charge in [0.25, 0.3) is 0 Å². The molecule has 1 aromatic rings. The summed E-state index contributed by atoms with van der Waals surface area (Å²) >= 11 is 0. The van der Waals surface area contributed by atoms with E-state index in [0.717, 1.165) is 24.7 Å². The lowest BCUT2D eigenvalue weighted by Crippen LogP contribution is -2.54. The van der Waals surface area contributed by atoms with Crippen molar-refractivity contribution in [3.05, 3.63) is 35.9 Å². The molecule has 2 fully saturated rings. The summed E-state index contributed by atoms with van der Waals surface area (Å²) < 4.78 is 26.3. The average Bonchev–Trinajstić information content (AvgIpc) is 3.26. The molecule has 0 spiro atoms. The van der Waals surface area contributed by atoms with Gasteiger partial charge in [-0.15, -0.1) is 12.4 Å². The van der Waals surface area contributed by atoms with Gasteiger partial charge in [0.2, 0.25) is 21.8 Å². The monoisotopic (exact) mass is 514 g/mol. The number of amides is 2. The van der Waals surface area contributed by atoms with Gasteiger partial charge in [-0.3, -0.25) is 15.0 Å². The van der Waals surface area contributed by atoms with E-state index in [-0.39, 0.29) is 36.6 Å². The Bertz CT molecular complexity index is 953. The Morgan fingerprint density at radius 2 is 1.79 bits per heavy atom. The zero-order valence-corrected chi connectivity index (χ0v) is 21.0. The Labute approximate surface area is 207 Å². The molecule has 0 unspecified atom stereocenters. The second-order valence-corrected chi connectivity index (χ2v) is 10.7. The number of rotatable bonds is 8. The molecule has 3 rings (SSSR count). The Hall–Kier alpha value is -2.37. The van der Waals surface area contributed by atoms with Crippen molar-refractivity contribution in [3.8, 4) is 0 Å². The second kappa shape index (κ2) is 12.4. The fourth-order valence-corrected chi connectivity index (χ4v) is 5.23. The van der Waals surface area contributed by atoms with Gasteiger partial charge in [-0.2, -0.15) is 0 Å². The first-order valence-corrected chi connectivity index (χ1v) is 13.2. The Kier molecular flexibility index (Phi) is 10.1. The minimum atomic E-state index is -3.62. The lowest BCUT2D eigenvalue weighted by atomic mass is 9.97. The number of nitrogens with zero attached hydrogens (tertiary/aromatic N) is 2. The van der Waals surface area contributed by atoms with Crippen LogP contribution in [0.15, 0.2) is 30.3 Å². The molecule has 34 heavy (non-hydrogen) atoms. The highest BCUT2D eigenvalue weighted by molar-refractivity contribution is 7.88. The number of likely N-dealkylation sites (tertiary alicyclic amines) is 2. The van der Waals surface area contributed by atoms with Crippen LogP contribution in [0.5, 0.6) is 0 Å². The molecule has 0 radical (unpaired) electrons. The van der Waals surface area contributed by atoms with E-state index in [0.29, 0.717) is 44.9 Å². The number of carbonyl (C=O) groups excluding carboxylic acids is 2. The van der Waals surface area contributed by atoms with Crippen LogP contribution in [0.3, 0.4) is 0 Å². The van der Waals surface area contributed by atoms with Gasteiger partial charge >= 0.3 is 0 Å². The maximum Gasteiger partial charge on any atom is 0.242 e. The molecule has 2 atom stereocenters. The lowest BCUT2D eigenvalue weighted by Gasteiger charge is -2.33. The molecule has 2 aliphatic heterocycles. The fraction of sp³-hybridized carbons (Fsp3) is 0.591. The molecule has 1 aromatic carbocycles. The summed E-state index contributed by atoms with van der Waals surface area (Å²) in [6, 6.07) is 7.65. The molecule has 10 nitrogen and oxygen atoms in total. The van der Waals surface area contributed by atoms with Crippen LogP contribution >= 0.6 is 12.4 Å². The van der Waals surface area contributed by atoms with E-state index in [9.17, 15) is 18.0 Å². The van der Waals surface area contributed by atoms with Crippen molar-refractivity contribution in [1.29, 1.82) is 5.41 Å². The summed E-state index contributed by atoms with van der Waals surface area (Å²) in [5.74, 6) is -0.206. The van der Waals surface area contributed by atoms with Crippen molar-refractivity contribution in [2.75, 3.05) is 32.4 Å². The van der Waals surface area contributed by atoms with E-state index in [1.165, 1.54) is 4.90 Å². The number of nitrogens with two attached hydrogens (primary N) is 1. The minimum Gasteiger partial charge on any atom is -0.370 e. The van der Waals surface area contributed by atoms with Crippen LogP contribution in [0.25, 0.3) is 0 Å². The first-order chi connectivity index (χ1) is 15.6. The van der Waals surface area contributed by atoms with Crippen molar-refractivity contribution >= 4 is 40.2 Å². The third kappa shape index (κ3) is 7.85. The van der Waals surface area contributed by atoms with E-state index in [1.54, 1.807) is 0 Å². The SMILES string of the molecule is CS(=O)(=O)N[C@H](Cc1ccccc1)C(=O)N1CCC[C@H]1C(=O)NCC1CCN(C(=N)N)CC1.Cl. The molecule has 0 aromatic heterocycles. The zero-order valence-electron chi connectivity index (χ0n) is 19.4. The standard InChI is InChI=1S/C22H34N6O4S.ClH/c1-33(31,32)26-18(14-16-6-3-2-4-7-16)21(30)28-11-5-8-19(28)20(29)25-15-17-9-12-27(13-10-17)22(23)24;/h2-4,6-7,17-19,26H,5,8-15H2,1H3,(H3,23,24)(H,25,29);1H/t18-,19+;/m1./s1. The van der Waals surface area contributed by atoms with Crippen LogP contribution in [-0.2, 0) is 26.0 Å². The molecule has 5 N–H and O–H groups in total. The third-order valence-electron chi connectivity index (χ3n) is 6.30. The summed E-state index contributed by atoms with van der Waals surface area (Å²) in [6.45, 7) is 2.33. The number of halogens is 1. The number of piperidine rings is 1. The highest BCUT2D eigenvalue weighted by Gasteiger charge is 2.38. The Morgan fingerprint density at radius 3 is 2.38 bits per heavy atom. The van der Waals surface area contributed by atoms with E-state index >= 15 is 0 Å². The van der Waals surface area contributed by atoms with Crippen molar-refractivity contribution < 1.29 is 18.0 Å². The second-order valence-electron chi connectivity index (χ2n) is 8.88. The Balaban J connectivity index is 0.00000408. The van der Waals surface area contributed by atoms with Crippen LogP contribution in [0, 0.1) is 11.3 Å². The minimum absolute atomic E-state index is 0. The highest BCUT2D eigenvalue weighted by atomic mass is 35.5. The maximum atomic E-state index is 13.3. The molecular weight excluding hydrogens is 480 g/mol. The zero-order chi connectivity index (χ0) is 24.0. The topological polar surface area (TPSA) is 149 Å². The van der Waals surface area contributed by atoms with Crippen molar-refractivity contribution in [3.63, 3.8) is 0 Å². The van der Waals surface area contributed by atoms with E-state index in [1.807, 2.05) is 35.2 Å². The predicted molar refractivity (Wildman–Crippen MR) is 133 cm³/mol. The van der Waals surface area contributed by atoms with Gasteiger partial charge in [0.05, 0.1) is 6.26 Å². The van der Waals surface area contributed by atoms with Gasteiger partial charge in [-0.1, -0.05) is 30.3 Å². The summed E-state index contributed by atoms with van der Waals surface area (Å²) in [7, 11) is -3.62. The highest BCUT2D eigenvalue weighted by Crippen LogP contribution is 2.21. The molecule has 2 saturated heterocycles. The fourth-order valence-electron chi connectivity index (χ4n) is 4.53. The van der Waals surface area contributed by atoms with Gasteiger partial charge < -0.3 is 20.9 Å². The molecule has 12 heteroatoms. The van der Waals surface area contributed by atoms with E-state index in [2.05, 4.69) is 10.0 Å². The average molecular weight is 515 g/mol. The van der Waals surface area contributed by atoms with E-state index in [4.69, 9.17) is 11.1 Å². The first kappa shape index (κ1) is 27.9. The van der Waals surface area contributed by atoms with Crippen molar-refractivity contribution in [2.24, 2.45) is 11.7 Å². The summed E-state index contributed by atoms with van der Waals surface area (Å²) in [5, 5.41) is 10.5. The molecule has 2 heterocycles. The van der Waals surface area contributed by atoms with Gasteiger partial charge in [0.15, 0.2) is 5.96 Å². The van der Waals surface area contributed by atoms with Crippen LogP contribution in [0.2, 0.25) is 0 Å². The number of benzene rings is 1.